The number of carbonyl (C=O) groups is 1. The fourth-order valence-corrected chi connectivity index (χ4v) is 2.42. The van der Waals surface area contributed by atoms with Crippen LogP contribution < -0.4 is 4.90 Å². The van der Waals surface area contributed by atoms with Crippen molar-refractivity contribution in [1.82, 2.24) is 4.98 Å². The smallest absolute Gasteiger partial charge is 0.228 e. The molecule has 1 atom stereocenters. The Kier molecular flexibility index (Phi) is 2.83. The number of amides is 1. The van der Waals surface area contributed by atoms with Gasteiger partial charge in [0, 0.05) is 29.5 Å². The largest absolute Gasteiger partial charge is 0.444 e. The van der Waals surface area contributed by atoms with Crippen LogP contribution in [0.25, 0.3) is 11.3 Å². The Hall–Kier alpha value is -1.75. The van der Waals surface area contributed by atoms with Crippen molar-refractivity contribution in [2.24, 2.45) is 0 Å². The molecule has 1 aliphatic rings. The molecule has 3 rings (SSSR count). The number of anilines is 1. The number of nitrogens with zero attached hydrogens (tertiary/aromatic N) is 2. The Morgan fingerprint density at radius 3 is 2.67 bits per heavy atom. The van der Waals surface area contributed by atoms with Crippen LogP contribution >= 0.6 is 12.6 Å². The molecule has 92 valence electrons. The second-order valence-electron chi connectivity index (χ2n) is 4.27. The minimum atomic E-state index is 0.127. The summed E-state index contributed by atoms with van der Waals surface area (Å²) >= 11 is 4.34. The molecule has 5 heteroatoms. The molecule has 1 aliphatic heterocycles. The van der Waals surface area contributed by atoms with Crippen LogP contribution in [0.1, 0.15) is 6.42 Å². The van der Waals surface area contributed by atoms with Gasteiger partial charge in [-0.15, -0.1) is 0 Å². The van der Waals surface area contributed by atoms with Crippen LogP contribution in [0.4, 0.5) is 5.69 Å². The first-order chi connectivity index (χ1) is 8.74. The zero-order chi connectivity index (χ0) is 12.5. The normalized spacial score (nSPS) is 19.5. The molecule has 1 aromatic heterocycles. The lowest BCUT2D eigenvalue weighted by atomic mass is 10.1. The van der Waals surface area contributed by atoms with Gasteiger partial charge in [0.15, 0.2) is 12.2 Å². The monoisotopic (exact) mass is 260 g/mol. The van der Waals surface area contributed by atoms with E-state index in [9.17, 15) is 4.79 Å². The van der Waals surface area contributed by atoms with Crippen molar-refractivity contribution in [3.8, 4) is 11.3 Å². The highest BCUT2D eigenvalue weighted by atomic mass is 32.1. The van der Waals surface area contributed by atoms with Crippen LogP contribution in [0.5, 0.6) is 0 Å². The Bertz CT molecular complexity index is 551. The highest BCUT2D eigenvalue weighted by Gasteiger charge is 2.28. The van der Waals surface area contributed by atoms with Crippen molar-refractivity contribution < 1.29 is 9.21 Å². The van der Waals surface area contributed by atoms with Gasteiger partial charge in [-0.3, -0.25) is 4.79 Å². The van der Waals surface area contributed by atoms with Crippen molar-refractivity contribution in [1.29, 1.82) is 0 Å². The first-order valence-electron chi connectivity index (χ1n) is 5.71. The Morgan fingerprint density at radius 1 is 1.33 bits per heavy atom. The number of carbonyl (C=O) groups excluding carboxylic acids is 1. The van der Waals surface area contributed by atoms with Crippen LogP contribution in [-0.4, -0.2) is 22.7 Å². The lowest BCUT2D eigenvalue weighted by Gasteiger charge is -2.16. The number of benzene rings is 1. The predicted octanol–water partition coefficient (Wildman–Crippen LogP) is 2.38. The summed E-state index contributed by atoms with van der Waals surface area (Å²) in [5, 5.41) is 0.131. The number of rotatable bonds is 2. The molecular weight excluding hydrogens is 248 g/mol. The Labute approximate surface area is 110 Å². The Morgan fingerprint density at radius 2 is 2.11 bits per heavy atom. The molecule has 1 amide bonds. The third-order valence-electron chi connectivity index (χ3n) is 3.00. The van der Waals surface area contributed by atoms with Gasteiger partial charge in [-0.05, 0) is 24.3 Å². The third-order valence-corrected chi connectivity index (χ3v) is 3.35. The van der Waals surface area contributed by atoms with E-state index >= 15 is 0 Å². The first kappa shape index (κ1) is 11.3. The molecule has 0 radical (unpaired) electrons. The van der Waals surface area contributed by atoms with Gasteiger partial charge in [-0.2, -0.15) is 12.6 Å². The van der Waals surface area contributed by atoms with Crippen LogP contribution in [-0.2, 0) is 4.79 Å². The molecular formula is C13H12N2O2S. The summed E-state index contributed by atoms with van der Waals surface area (Å²) in [6, 6.07) is 7.69. The standard InChI is InChI=1S/C13H12N2O2S/c16-13-5-11(18)7-15(13)10-3-1-9(2-4-10)12-6-14-8-17-12/h1-4,6,8,11,18H,5,7H2. The van der Waals surface area contributed by atoms with E-state index < -0.39 is 0 Å². The second kappa shape index (κ2) is 4.49. The molecule has 18 heavy (non-hydrogen) atoms. The van der Waals surface area contributed by atoms with Gasteiger partial charge in [-0.1, -0.05) is 0 Å². The summed E-state index contributed by atoms with van der Waals surface area (Å²) in [5.74, 6) is 0.851. The first-order valence-corrected chi connectivity index (χ1v) is 6.23. The summed E-state index contributed by atoms with van der Waals surface area (Å²) in [7, 11) is 0. The molecule has 2 aromatic rings. The zero-order valence-electron chi connectivity index (χ0n) is 9.61. The number of aromatic nitrogens is 1. The van der Waals surface area contributed by atoms with Gasteiger partial charge < -0.3 is 9.32 Å². The van der Waals surface area contributed by atoms with Crippen LogP contribution in [0.2, 0.25) is 0 Å². The molecule has 4 nitrogen and oxygen atoms in total. The highest BCUT2D eigenvalue weighted by Crippen LogP contribution is 2.27. The van der Waals surface area contributed by atoms with Gasteiger partial charge >= 0.3 is 0 Å². The minimum absolute atomic E-state index is 0.127. The Balaban J connectivity index is 1.85. The van der Waals surface area contributed by atoms with Gasteiger partial charge in [0.1, 0.15) is 0 Å². The summed E-state index contributed by atoms with van der Waals surface area (Å²) in [4.78, 5) is 17.4. The van der Waals surface area contributed by atoms with Crippen molar-refractivity contribution in [3.05, 3.63) is 36.9 Å². The van der Waals surface area contributed by atoms with Crippen LogP contribution in [0.15, 0.2) is 41.3 Å². The van der Waals surface area contributed by atoms with Gasteiger partial charge in [0.05, 0.1) is 6.20 Å². The fraction of sp³-hybridized carbons (Fsp3) is 0.231. The quantitative estimate of drug-likeness (QED) is 0.843. The molecule has 1 aromatic carbocycles. The van der Waals surface area contributed by atoms with E-state index in [0.29, 0.717) is 13.0 Å². The van der Waals surface area contributed by atoms with Crippen LogP contribution in [0, 0.1) is 0 Å². The third kappa shape index (κ3) is 2.01. The van der Waals surface area contributed by atoms with Crippen molar-refractivity contribution in [3.63, 3.8) is 0 Å². The number of hydrogen-bond acceptors (Lipinski definition) is 4. The van der Waals surface area contributed by atoms with Gasteiger partial charge in [0.2, 0.25) is 5.91 Å². The van der Waals surface area contributed by atoms with E-state index in [2.05, 4.69) is 17.6 Å². The van der Waals surface area contributed by atoms with Crippen molar-refractivity contribution in [2.45, 2.75) is 11.7 Å². The second-order valence-corrected chi connectivity index (χ2v) is 5.01. The maximum atomic E-state index is 11.7. The van der Waals surface area contributed by atoms with Gasteiger partial charge in [0.25, 0.3) is 0 Å². The molecule has 1 unspecified atom stereocenters. The molecule has 0 bridgehead atoms. The fourth-order valence-electron chi connectivity index (χ4n) is 2.10. The summed E-state index contributed by atoms with van der Waals surface area (Å²) in [6.07, 6.45) is 3.57. The minimum Gasteiger partial charge on any atom is -0.444 e. The maximum Gasteiger partial charge on any atom is 0.228 e. The lowest BCUT2D eigenvalue weighted by Crippen LogP contribution is -2.24. The summed E-state index contributed by atoms with van der Waals surface area (Å²) < 4.78 is 5.22. The van der Waals surface area contributed by atoms with E-state index in [0.717, 1.165) is 17.0 Å². The molecule has 0 N–H and O–H groups in total. The maximum absolute atomic E-state index is 11.7. The van der Waals surface area contributed by atoms with E-state index in [4.69, 9.17) is 4.42 Å². The van der Waals surface area contributed by atoms with E-state index in [1.165, 1.54) is 6.39 Å². The molecule has 1 fully saturated rings. The van der Waals surface area contributed by atoms with E-state index in [1.807, 2.05) is 24.3 Å². The van der Waals surface area contributed by atoms with Crippen molar-refractivity contribution >= 4 is 24.2 Å². The highest BCUT2D eigenvalue weighted by molar-refractivity contribution is 7.81. The number of oxazole rings is 1. The molecule has 1 saturated heterocycles. The summed E-state index contributed by atoms with van der Waals surface area (Å²) in [5.41, 5.74) is 1.85. The molecule has 0 aliphatic carbocycles. The van der Waals surface area contributed by atoms with E-state index in [1.54, 1.807) is 11.1 Å². The van der Waals surface area contributed by atoms with Crippen LogP contribution in [0.3, 0.4) is 0 Å². The number of thiol groups is 1. The average Bonchev–Trinajstić information content (AvgIpc) is 2.99. The lowest BCUT2D eigenvalue weighted by molar-refractivity contribution is -0.117. The molecule has 0 saturated carbocycles. The number of hydrogen-bond donors (Lipinski definition) is 1. The average molecular weight is 260 g/mol. The summed E-state index contributed by atoms with van der Waals surface area (Å²) in [6.45, 7) is 0.670. The van der Waals surface area contributed by atoms with Gasteiger partial charge in [-0.25, -0.2) is 4.98 Å². The van der Waals surface area contributed by atoms with E-state index in [-0.39, 0.29) is 11.2 Å². The molecule has 2 heterocycles. The molecule has 0 spiro atoms. The predicted molar refractivity (Wildman–Crippen MR) is 71.7 cm³/mol. The topological polar surface area (TPSA) is 46.3 Å². The zero-order valence-corrected chi connectivity index (χ0v) is 10.5. The SMILES string of the molecule is O=C1CC(S)CN1c1ccc(-c2cnco2)cc1. The van der Waals surface area contributed by atoms with Crippen molar-refractivity contribution in [2.75, 3.05) is 11.4 Å².